The number of nitro groups is 1. The summed E-state index contributed by atoms with van der Waals surface area (Å²) in [7, 11) is 2.74. The molecule has 2 saturated carbocycles. The number of hydrogen-bond donors (Lipinski definition) is 0. The number of ether oxygens (including phenoxy) is 2. The van der Waals surface area contributed by atoms with Gasteiger partial charge in [-0.15, -0.1) is 0 Å². The summed E-state index contributed by atoms with van der Waals surface area (Å²) in [5.41, 5.74) is 0.0178. The van der Waals surface area contributed by atoms with E-state index in [2.05, 4.69) is 17.3 Å². The fraction of sp³-hybridized carbons (Fsp3) is 0.450. The third-order valence-electron chi connectivity index (χ3n) is 6.68. The minimum Gasteiger partial charge on any atom is -0.496 e. The Hall–Kier alpha value is -3.23. The van der Waals surface area contributed by atoms with Crippen LogP contribution in [-0.2, 0) is 9.59 Å². The number of allylic oxidation sites excluding steroid dienone is 2. The second-order valence-electron chi connectivity index (χ2n) is 7.91. The van der Waals surface area contributed by atoms with E-state index in [1.807, 2.05) is 0 Å². The van der Waals surface area contributed by atoms with E-state index in [1.165, 1.54) is 32.6 Å². The highest BCUT2D eigenvalue weighted by Gasteiger charge is 2.67. The van der Waals surface area contributed by atoms with Crippen LogP contribution >= 0.6 is 0 Å². The number of hydrogen-bond acceptors (Lipinski definition) is 7. The Balaban J connectivity index is 1.47. The summed E-state index contributed by atoms with van der Waals surface area (Å²) in [5, 5.41) is 16.3. The maximum absolute atomic E-state index is 13.0. The zero-order valence-electron chi connectivity index (χ0n) is 15.8. The van der Waals surface area contributed by atoms with E-state index in [0.717, 1.165) is 11.4 Å². The molecule has 0 unspecified atom stereocenters. The van der Waals surface area contributed by atoms with Crippen molar-refractivity contribution in [1.82, 2.24) is 5.01 Å². The second kappa shape index (κ2) is 6.13. The van der Waals surface area contributed by atoms with Gasteiger partial charge in [0.05, 0.1) is 37.2 Å². The van der Waals surface area contributed by atoms with E-state index in [4.69, 9.17) is 9.47 Å². The van der Waals surface area contributed by atoms with Crippen LogP contribution in [0.25, 0.3) is 0 Å². The highest BCUT2D eigenvalue weighted by molar-refractivity contribution is 6.06. The lowest BCUT2D eigenvalue weighted by Crippen LogP contribution is -2.40. The molecule has 1 aromatic rings. The van der Waals surface area contributed by atoms with Crippen LogP contribution < -0.4 is 9.47 Å². The van der Waals surface area contributed by atoms with Crippen molar-refractivity contribution in [2.24, 2.45) is 40.6 Å². The number of imide groups is 1. The van der Waals surface area contributed by atoms with E-state index in [1.54, 1.807) is 0 Å². The largest absolute Gasteiger partial charge is 0.496 e. The SMILES string of the molecule is COc1cc(OC)c([N+](=O)[O-])cc1/C=N\N1C(=O)[C@H]2[C@@H]3C=C[C@H]([C@H]4C[C@H]34)[C@@H]2C1=O. The van der Waals surface area contributed by atoms with Crippen molar-refractivity contribution in [3.8, 4) is 11.5 Å². The molecule has 1 heterocycles. The number of amides is 2. The summed E-state index contributed by atoms with van der Waals surface area (Å²) < 4.78 is 10.3. The molecule has 9 nitrogen and oxygen atoms in total. The molecule has 0 N–H and O–H groups in total. The quantitative estimate of drug-likeness (QED) is 0.247. The van der Waals surface area contributed by atoms with Gasteiger partial charge in [-0.3, -0.25) is 19.7 Å². The molecule has 0 aromatic heterocycles. The van der Waals surface area contributed by atoms with Gasteiger partial charge in [0.2, 0.25) is 5.75 Å². The molecular weight excluding hydrogens is 378 g/mol. The standard InChI is InChI=1S/C20H19N3O6/c1-28-15-7-16(29-2)14(23(26)27)5-9(15)8-21-22-19(24)17-10-3-4-11(13-6-12(10)13)18(17)20(22)25/h3-5,7-8,10-13,17-18H,6H2,1-2H3/b21-8-/t10-,11-,12-,13-,17+,18+/m1/s1. The highest BCUT2D eigenvalue weighted by Crippen LogP contribution is 2.65. The number of hydrazone groups is 1. The fourth-order valence-electron chi connectivity index (χ4n) is 5.32. The molecule has 6 rings (SSSR count). The Kier molecular flexibility index (Phi) is 3.77. The molecule has 1 aliphatic heterocycles. The van der Waals surface area contributed by atoms with Gasteiger partial charge in [-0.1, -0.05) is 12.2 Å². The average molecular weight is 397 g/mol. The molecular formula is C20H19N3O6. The third-order valence-corrected chi connectivity index (χ3v) is 6.68. The van der Waals surface area contributed by atoms with Gasteiger partial charge < -0.3 is 9.47 Å². The van der Waals surface area contributed by atoms with E-state index in [9.17, 15) is 19.7 Å². The van der Waals surface area contributed by atoms with E-state index >= 15 is 0 Å². The first-order valence-corrected chi connectivity index (χ1v) is 9.46. The molecule has 2 amide bonds. The molecule has 1 saturated heterocycles. The van der Waals surface area contributed by atoms with Gasteiger partial charge in [0.15, 0.2) is 0 Å². The first-order valence-electron chi connectivity index (χ1n) is 9.46. The zero-order valence-corrected chi connectivity index (χ0v) is 15.8. The monoisotopic (exact) mass is 397 g/mol. The number of nitro benzene ring substituents is 1. The number of nitrogens with zero attached hydrogens (tertiary/aromatic N) is 3. The summed E-state index contributed by atoms with van der Waals surface area (Å²) in [4.78, 5) is 36.6. The maximum atomic E-state index is 13.0. The second-order valence-corrected chi connectivity index (χ2v) is 7.91. The normalized spacial score (nSPS) is 33.8. The van der Waals surface area contributed by atoms with Crippen molar-refractivity contribution >= 4 is 23.7 Å². The first kappa shape index (κ1) is 17.8. The molecule has 0 spiro atoms. The predicted molar refractivity (Wildman–Crippen MR) is 100 cm³/mol. The molecule has 4 aliphatic carbocycles. The summed E-state index contributed by atoms with van der Waals surface area (Å²) in [5.74, 6) is 0.321. The fourth-order valence-corrected chi connectivity index (χ4v) is 5.32. The Morgan fingerprint density at radius 1 is 1.07 bits per heavy atom. The van der Waals surface area contributed by atoms with E-state index in [0.29, 0.717) is 11.8 Å². The Morgan fingerprint density at radius 2 is 1.66 bits per heavy atom. The van der Waals surface area contributed by atoms with E-state index in [-0.39, 0.29) is 58.2 Å². The summed E-state index contributed by atoms with van der Waals surface area (Å²) in [6.07, 6.45) is 6.53. The lowest BCUT2D eigenvalue weighted by molar-refractivity contribution is -0.385. The topological polar surface area (TPSA) is 111 Å². The van der Waals surface area contributed by atoms with Gasteiger partial charge in [0.25, 0.3) is 11.8 Å². The number of carbonyl (C=O) groups is 2. The summed E-state index contributed by atoms with van der Waals surface area (Å²) in [6, 6.07) is 2.63. The van der Waals surface area contributed by atoms with Gasteiger partial charge in [-0.05, 0) is 30.1 Å². The van der Waals surface area contributed by atoms with Crippen LogP contribution in [0.15, 0.2) is 29.4 Å². The van der Waals surface area contributed by atoms with Crippen molar-refractivity contribution in [1.29, 1.82) is 0 Å². The number of rotatable bonds is 5. The summed E-state index contributed by atoms with van der Waals surface area (Å²) >= 11 is 0. The molecule has 3 fully saturated rings. The highest BCUT2D eigenvalue weighted by atomic mass is 16.6. The molecule has 1 aromatic carbocycles. The van der Waals surface area contributed by atoms with Crippen molar-refractivity contribution in [3.05, 3.63) is 40.0 Å². The van der Waals surface area contributed by atoms with E-state index < -0.39 is 4.92 Å². The van der Waals surface area contributed by atoms with Crippen LogP contribution in [0.2, 0.25) is 0 Å². The smallest absolute Gasteiger partial charge is 0.311 e. The third kappa shape index (κ3) is 2.43. The van der Waals surface area contributed by atoms with Crippen LogP contribution in [0.5, 0.6) is 11.5 Å². The average Bonchev–Trinajstić information content (AvgIpc) is 3.50. The maximum Gasteiger partial charge on any atom is 0.311 e. The van der Waals surface area contributed by atoms with Gasteiger partial charge >= 0.3 is 5.69 Å². The predicted octanol–water partition coefficient (Wildman–Crippen LogP) is 2.00. The summed E-state index contributed by atoms with van der Waals surface area (Å²) in [6.45, 7) is 0. The zero-order chi connectivity index (χ0) is 20.4. The lowest BCUT2D eigenvalue weighted by Gasteiger charge is -2.37. The Morgan fingerprint density at radius 3 is 2.17 bits per heavy atom. The van der Waals surface area contributed by atoms with Gasteiger partial charge in [-0.2, -0.15) is 10.1 Å². The number of methoxy groups -OCH3 is 2. The van der Waals surface area contributed by atoms with Crippen molar-refractivity contribution in [2.45, 2.75) is 6.42 Å². The van der Waals surface area contributed by atoms with Crippen molar-refractivity contribution in [2.75, 3.05) is 14.2 Å². The van der Waals surface area contributed by atoms with Crippen LogP contribution in [0.4, 0.5) is 5.69 Å². The minimum atomic E-state index is -0.577. The molecule has 0 radical (unpaired) electrons. The van der Waals surface area contributed by atoms with Gasteiger partial charge in [0, 0.05) is 17.7 Å². The van der Waals surface area contributed by atoms with Crippen LogP contribution in [0.3, 0.4) is 0 Å². The molecule has 150 valence electrons. The van der Waals surface area contributed by atoms with Crippen molar-refractivity contribution in [3.63, 3.8) is 0 Å². The van der Waals surface area contributed by atoms with Gasteiger partial charge in [0.1, 0.15) is 5.75 Å². The number of benzene rings is 1. The van der Waals surface area contributed by atoms with Gasteiger partial charge in [-0.25, -0.2) is 0 Å². The lowest BCUT2D eigenvalue weighted by atomic mass is 9.63. The molecule has 29 heavy (non-hydrogen) atoms. The molecule has 6 atom stereocenters. The Labute approximate surface area is 166 Å². The van der Waals surface area contributed by atoms with Crippen molar-refractivity contribution < 1.29 is 24.0 Å². The molecule has 2 bridgehead atoms. The molecule has 5 aliphatic rings. The minimum absolute atomic E-state index is 0.0465. The van der Waals surface area contributed by atoms with Crippen LogP contribution in [0.1, 0.15) is 12.0 Å². The van der Waals surface area contributed by atoms with Crippen LogP contribution in [-0.4, -0.2) is 42.2 Å². The molecule has 9 heteroatoms. The number of carbonyl (C=O) groups excluding carboxylic acids is 2. The Bertz CT molecular complexity index is 966. The first-order chi connectivity index (χ1) is 14.0. The van der Waals surface area contributed by atoms with Crippen LogP contribution in [0, 0.1) is 45.6 Å².